The van der Waals surface area contributed by atoms with Gasteiger partial charge in [-0.3, -0.25) is 9.59 Å². The molecule has 1 unspecified atom stereocenters. The van der Waals surface area contributed by atoms with Crippen LogP contribution in [0.5, 0.6) is 5.75 Å². The first-order chi connectivity index (χ1) is 15.9. The van der Waals surface area contributed by atoms with Crippen molar-refractivity contribution < 1.29 is 23.1 Å². The number of amides is 2. The molecule has 0 aliphatic carbocycles. The van der Waals surface area contributed by atoms with Crippen LogP contribution in [0.2, 0.25) is 0 Å². The summed E-state index contributed by atoms with van der Waals surface area (Å²) in [6.07, 6.45) is -0.0753. The predicted octanol–water partition coefficient (Wildman–Crippen LogP) is 4.41. The summed E-state index contributed by atoms with van der Waals surface area (Å²) in [5.41, 5.74) is 1.81. The van der Waals surface area contributed by atoms with Gasteiger partial charge in [-0.2, -0.15) is 5.26 Å². The molecule has 33 heavy (non-hydrogen) atoms. The number of nitriles is 1. The van der Waals surface area contributed by atoms with Gasteiger partial charge in [0.05, 0.1) is 23.2 Å². The number of carbonyl (C=O) groups is 2. The summed E-state index contributed by atoms with van der Waals surface area (Å²) in [4.78, 5) is 26.2. The Hall–Kier alpha value is -4.25. The van der Waals surface area contributed by atoms with Gasteiger partial charge in [0.25, 0.3) is 0 Å². The summed E-state index contributed by atoms with van der Waals surface area (Å²) in [5, 5.41) is 11.8. The third kappa shape index (κ3) is 5.15. The van der Waals surface area contributed by atoms with Gasteiger partial charge in [0.15, 0.2) is 0 Å². The zero-order chi connectivity index (χ0) is 23.4. The SMILES string of the molecule is N#Cc1cccc(COc2cccc(NC(=O)C3CC(=O)N(c4ccc(F)cc4F)C3)c2)c1. The van der Waals surface area contributed by atoms with Crippen LogP contribution in [-0.4, -0.2) is 18.4 Å². The van der Waals surface area contributed by atoms with E-state index in [1.54, 1.807) is 42.5 Å². The van der Waals surface area contributed by atoms with Crippen LogP contribution in [0, 0.1) is 28.9 Å². The summed E-state index contributed by atoms with van der Waals surface area (Å²) < 4.78 is 33.0. The molecule has 1 saturated heterocycles. The van der Waals surface area contributed by atoms with Crippen molar-refractivity contribution in [3.05, 3.63) is 89.5 Å². The number of nitrogens with zero attached hydrogens (tertiary/aromatic N) is 2. The van der Waals surface area contributed by atoms with Gasteiger partial charge in [-0.05, 0) is 42.0 Å². The normalized spacial score (nSPS) is 15.2. The van der Waals surface area contributed by atoms with Crippen LogP contribution in [0.3, 0.4) is 0 Å². The van der Waals surface area contributed by atoms with E-state index in [2.05, 4.69) is 11.4 Å². The van der Waals surface area contributed by atoms with Crippen molar-refractivity contribution in [3.63, 3.8) is 0 Å². The summed E-state index contributed by atoms with van der Waals surface area (Å²) in [6.45, 7) is 0.251. The third-order valence-corrected chi connectivity index (χ3v) is 5.26. The van der Waals surface area contributed by atoms with Gasteiger partial charge in [0.2, 0.25) is 11.8 Å². The predicted molar refractivity (Wildman–Crippen MR) is 117 cm³/mol. The van der Waals surface area contributed by atoms with E-state index in [9.17, 15) is 18.4 Å². The van der Waals surface area contributed by atoms with E-state index in [-0.39, 0.29) is 31.2 Å². The highest BCUT2D eigenvalue weighted by Gasteiger charge is 2.36. The second kappa shape index (κ2) is 9.49. The van der Waals surface area contributed by atoms with Crippen LogP contribution < -0.4 is 15.0 Å². The van der Waals surface area contributed by atoms with Crippen molar-refractivity contribution in [2.75, 3.05) is 16.8 Å². The number of ether oxygens (including phenoxy) is 1. The monoisotopic (exact) mass is 447 g/mol. The Morgan fingerprint density at radius 3 is 2.73 bits per heavy atom. The zero-order valence-electron chi connectivity index (χ0n) is 17.4. The summed E-state index contributed by atoms with van der Waals surface area (Å²) in [5.74, 6) is -2.54. The van der Waals surface area contributed by atoms with Gasteiger partial charge in [-0.25, -0.2) is 8.78 Å². The molecule has 3 aromatic carbocycles. The van der Waals surface area contributed by atoms with E-state index >= 15 is 0 Å². The molecule has 3 aromatic rings. The number of hydrogen-bond acceptors (Lipinski definition) is 4. The number of hydrogen-bond donors (Lipinski definition) is 1. The highest BCUT2D eigenvalue weighted by atomic mass is 19.1. The number of nitrogens with one attached hydrogen (secondary N) is 1. The van der Waals surface area contributed by atoms with Gasteiger partial charge >= 0.3 is 0 Å². The molecule has 0 spiro atoms. The maximum Gasteiger partial charge on any atom is 0.229 e. The van der Waals surface area contributed by atoms with E-state index in [4.69, 9.17) is 10.00 Å². The van der Waals surface area contributed by atoms with Crippen LogP contribution in [0.15, 0.2) is 66.7 Å². The van der Waals surface area contributed by atoms with Crippen molar-refractivity contribution in [1.82, 2.24) is 0 Å². The average molecular weight is 447 g/mol. The van der Waals surface area contributed by atoms with Crippen LogP contribution in [0.1, 0.15) is 17.5 Å². The third-order valence-electron chi connectivity index (χ3n) is 5.26. The largest absolute Gasteiger partial charge is 0.489 e. The molecule has 1 fully saturated rings. The van der Waals surface area contributed by atoms with Crippen molar-refractivity contribution in [3.8, 4) is 11.8 Å². The fourth-order valence-electron chi connectivity index (χ4n) is 3.62. The molecule has 1 aliphatic heterocycles. The molecule has 0 saturated carbocycles. The Morgan fingerprint density at radius 1 is 1.12 bits per heavy atom. The number of carbonyl (C=O) groups excluding carboxylic acids is 2. The van der Waals surface area contributed by atoms with Gasteiger partial charge in [-0.15, -0.1) is 0 Å². The average Bonchev–Trinajstić information content (AvgIpc) is 3.19. The van der Waals surface area contributed by atoms with Crippen LogP contribution in [0.25, 0.3) is 0 Å². The quantitative estimate of drug-likeness (QED) is 0.607. The smallest absolute Gasteiger partial charge is 0.229 e. The maximum atomic E-state index is 14.1. The topological polar surface area (TPSA) is 82.4 Å². The molecule has 1 N–H and O–H groups in total. The van der Waals surface area contributed by atoms with Crippen molar-refractivity contribution in [2.24, 2.45) is 5.92 Å². The number of anilines is 2. The maximum absolute atomic E-state index is 14.1. The molecule has 8 heteroatoms. The molecule has 6 nitrogen and oxygen atoms in total. The first kappa shape index (κ1) is 22.0. The standard InChI is InChI=1S/C25H19F2N3O3/c26-19-7-8-23(22(27)11-19)30-14-18(10-24(30)31)25(32)29-20-5-2-6-21(12-20)33-15-17-4-1-3-16(9-17)13-28/h1-9,11-12,18H,10,14-15H2,(H,29,32). The van der Waals surface area contributed by atoms with Crippen molar-refractivity contribution in [1.29, 1.82) is 5.26 Å². The van der Waals surface area contributed by atoms with Crippen LogP contribution in [0.4, 0.5) is 20.2 Å². The van der Waals surface area contributed by atoms with Gasteiger partial charge in [0, 0.05) is 30.8 Å². The highest BCUT2D eigenvalue weighted by Crippen LogP contribution is 2.29. The molecule has 166 valence electrons. The van der Waals surface area contributed by atoms with Crippen molar-refractivity contribution >= 4 is 23.2 Å². The molecule has 0 radical (unpaired) electrons. The van der Waals surface area contributed by atoms with E-state index in [0.29, 0.717) is 23.1 Å². The molecule has 2 amide bonds. The van der Waals surface area contributed by atoms with Gasteiger partial charge in [-0.1, -0.05) is 18.2 Å². The fourth-order valence-corrected chi connectivity index (χ4v) is 3.62. The second-order valence-corrected chi connectivity index (χ2v) is 7.62. The van der Waals surface area contributed by atoms with E-state index in [1.807, 2.05) is 6.07 Å². The molecule has 0 bridgehead atoms. The molecule has 1 heterocycles. The summed E-state index contributed by atoms with van der Waals surface area (Å²) >= 11 is 0. The lowest BCUT2D eigenvalue weighted by Gasteiger charge is -2.17. The van der Waals surface area contributed by atoms with Gasteiger partial charge in [0.1, 0.15) is 24.0 Å². The number of rotatable bonds is 6. The van der Waals surface area contributed by atoms with E-state index in [0.717, 1.165) is 16.5 Å². The number of benzene rings is 3. The molecule has 0 aromatic heterocycles. The lowest BCUT2D eigenvalue weighted by molar-refractivity contribution is -0.122. The number of halogens is 2. The Bertz CT molecular complexity index is 1260. The zero-order valence-corrected chi connectivity index (χ0v) is 17.4. The minimum atomic E-state index is -0.852. The highest BCUT2D eigenvalue weighted by molar-refractivity contribution is 6.03. The van der Waals surface area contributed by atoms with Crippen LogP contribution in [-0.2, 0) is 16.2 Å². The lowest BCUT2D eigenvalue weighted by Crippen LogP contribution is -2.28. The van der Waals surface area contributed by atoms with Crippen molar-refractivity contribution in [2.45, 2.75) is 13.0 Å². The summed E-state index contributed by atoms with van der Waals surface area (Å²) in [7, 11) is 0. The minimum Gasteiger partial charge on any atom is -0.489 e. The molecule has 1 atom stereocenters. The molecule has 4 rings (SSSR count). The minimum absolute atomic E-state index is 0.00135. The van der Waals surface area contributed by atoms with E-state index in [1.165, 1.54) is 6.07 Å². The second-order valence-electron chi connectivity index (χ2n) is 7.62. The molecule has 1 aliphatic rings. The Morgan fingerprint density at radius 2 is 1.94 bits per heavy atom. The van der Waals surface area contributed by atoms with Gasteiger partial charge < -0.3 is 15.0 Å². The molecular formula is C25H19F2N3O3. The van der Waals surface area contributed by atoms with Crippen LogP contribution >= 0.6 is 0 Å². The first-order valence-corrected chi connectivity index (χ1v) is 10.2. The van der Waals surface area contributed by atoms with E-state index < -0.39 is 23.5 Å². The first-order valence-electron chi connectivity index (χ1n) is 10.2. The Labute approximate surface area is 189 Å². The summed E-state index contributed by atoms with van der Waals surface area (Å²) in [6, 6.07) is 18.9. The Balaban J connectivity index is 1.38. The Kier molecular flexibility index (Phi) is 6.31. The lowest BCUT2D eigenvalue weighted by atomic mass is 10.1. The molecular weight excluding hydrogens is 428 g/mol. The fraction of sp³-hybridized carbons (Fsp3) is 0.160.